The Hall–Kier alpha value is -1.59. The first-order chi connectivity index (χ1) is 7.47. The van der Waals surface area contributed by atoms with Crippen LogP contribution in [-0.4, -0.2) is 50.3 Å². The van der Waals surface area contributed by atoms with Crippen molar-refractivity contribution in [1.82, 2.24) is 15.5 Å². The molecule has 0 aromatic heterocycles. The van der Waals surface area contributed by atoms with Crippen LogP contribution in [-0.2, 0) is 14.4 Å². The summed E-state index contributed by atoms with van der Waals surface area (Å²) in [5.74, 6) is -0.452. The lowest BCUT2D eigenvalue weighted by Gasteiger charge is -2.09. The van der Waals surface area contributed by atoms with Crippen LogP contribution in [0.4, 0.5) is 0 Å². The van der Waals surface area contributed by atoms with E-state index in [4.69, 9.17) is 0 Å². The zero-order valence-corrected chi connectivity index (χ0v) is 10.0. The van der Waals surface area contributed by atoms with Gasteiger partial charge in [-0.3, -0.25) is 14.4 Å². The second kappa shape index (κ2) is 7.67. The number of likely N-dealkylation sites (N-methyl/N-ethyl adjacent to an activating group) is 1. The molecule has 0 aromatic rings. The summed E-state index contributed by atoms with van der Waals surface area (Å²) >= 11 is 0. The molecule has 0 saturated heterocycles. The Labute approximate surface area is 95.4 Å². The predicted octanol–water partition coefficient (Wildman–Crippen LogP) is -0.893. The number of hydrogen-bond acceptors (Lipinski definition) is 3. The number of nitrogens with zero attached hydrogens (tertiary/aromatic N) is 1. The number of carbonyl (C=O) groups is 3. The van der Waals surface area contributed by atoms with Gasteiger partial charge >= 0.3 is 0 Å². The van der Waals surface area contributed by atoms with Gasteiger partial charge in [0.05, 0.1) is 6.54 Å². The van der Waals surface area contributed by atoms with Gasteiger partial charge in [-0.05, 0) is 6.42 Å². The average Bonchev–Trinajstić information content (AvgIpc) is 2.25. The van der Waals surface area contributed by atoms with Crippen LogP contribution in [0.1, 0.15) is 19.3 Å². The molecule has 6 nitrogen and oxygen atoms in total. The minimum atomic E-state index is -0.238. The summed E-state index contributed by atoms with van der Waals surface area (Å²) in [5, 5.41) is 4.86. The van der Waals surface area contributed by atoms with E-state index in [2.05, 4.69) is 10.6 Å². The Balaban J connectivity index is 3.59. The first-order valence-electron chi connectivity index (χ1n) is 5.14. The maximum absolute atomic E-state index is 11.2. The van der Waals surface area contributed by atoms with Crippen LogP contribution in [0.3, 0.4) is 0 Å². The highest BCUT2D eigenvalue weighted by Crippen LogP contribution is 1.97. The van der Waals surface area contributed by atoms with Crippen LogP contribution in [0.2, 0.25) is 0 Å². The van der Waals surface area contributed by atoms with E-state index in [1.165, 1.54) is 11.9 Å². The van der Waals surface area contributed by atoms with Crippen LogP contribution in [0.25, 0.3) is 0 Å². The van der Waals surface area contributed by atoms with Crippen LogP contribution < -0.4 is 10.6 Å². The third-order valence-electron chi connectivity index (χ3n) is 2.02. The summed E-state index contributed by atoms with van der Waals surface area (Å²) in [7, 11) is 4.85. The van der Waals surface area contributed by atoms with Gasteiger partial charge in [0, 0.05) is 34.0 Å². The van der Waals surface area contributed by atoms with E-state index in [-0.39, 0.29) is 30.7 Å². The SMILES string of the molecule is CNC(=O)CNC(=O)CCCC(=O)N(C)C. The molecule has 0 spiro atoms. The van der Waals surface area contributed by atoms with Crippen LogP contribution in [0.5, 0.6) is 0 Å². The summed E-state index contributed by atoms with van der Waals surface area (Å²) in [4.78, 5) is 34.7. The molecule has 0 heterocycles. The summed E-state index contributed by atoms with van der Waals surface area (Å²) in [5.41, 5.74) is 0. The zero-order chi connectivity index (χ0) is 12.6. The number of rotatable bonds is 6. The van der Waals surface area contributed by atoms with Crippen molar-refractivity contribution in [1.29, 1.82) is 0 Å². The molecule has 0 bridgehead atoms. The van der Waals surface area contributed by atoms with Crippen LogP contribution >= 0.6 is 0 Å². The molecule has 6 heteroatoms. The second-order valence-electron chi connectivity index (χ2n) is 3.59. The minimum absolute atomic E-state index is 0.000832. The summed E-state index contributed by atoms with van der Waals surface area (Å²) in [6.45, 7) is -0.0169. The number of carbonyl (C=O) groups excluding carboxylic acids is 3. The Bertz CT molecular complexity index is 264. The van der Waals surface area contributed by atoms with E-state index in [1.54, 1.807) is 14.1 Å². The third kappa shape index (κ3) is 6.80. The second-order valence-corrected chi connectivity index (χ2v) is 3.59. The van der Waals surface area contributed by atoms with Gasteiger partial charge in [-0.1, -0.05) is 0 Å². The summed E-state index contributed by atoms with van der Waals surface area (Å²) < 4.78 is 0. The fraction of sp³-hybridized carbons (Fsp3) is 0.700. The van der Waals surface area contributed by atoms with Gasteiger partial charge < -0.3 is 15.5 Å². The minimum Gasteiger partial charge on any atom is -0.358 e. The molecule has 92 valence electrons. The van der Waals surface area contributed by atoms with E-state index in [0.717, 1.165) is 0 Å². The monoisotopic (exact) mass is 229 g/mol. The molecule has 0 atom stereocenters. The van der Waals surface area contributed by atoms with E-state index in [0.29, 0.717) is 12.8 Å². The Morgan fingerprint density at radius 1 is 1.06 bits per heavy atom. The fourth-order valence-corrected chi connectivity index (χ4v) is 0.979. The van der Waals surface area contributed by atoms with Crippen LogP contribution in [0.15, 0.2) is 0 Å². The molecular weight excluding hydrogens is 210 g/mol. The van der Waals surface area contributed by atoms with Crippen molar-refractivity contribution in [2.24, 2.45) is 0 Å². The van der Waals surface area contributed by atoms with Gasteiger partial charge in [0.1, 0.15) is 0 Å². The Morgan fingerprint density at radius 3 is 2.19 bits per heavy atom. The largest absolute Gasteiger partial charge is 0.358 e. The number of nitrogens with one attached hydrogen (secondary N) is 2. The van der Waals surface area contributed by atoms with Gasteiger partial charge in [-0.2, -0.15) is 0 Å². The normalized spacial score (nSPS) is 9.44. The lowest BCUT2D eigenvalue weighted by molar-refractivity contribution is -0.129. The molecule has 0 aliphatic carbocycles. The zero-order valence-electron chi connectivity index (χ0n) is 10.0. The summed E-state index contributed by atoms with van der Waals surface area (Å²) in [6, 6.07) is 0. The standard InChI is InChI=1S/C10H19N3O3/c1-11-9(15)7-12-8(14)5-4-6-10(16)13(2)3/h4-7H2,1-3H3,(H,11,15)(H,12,14). The average molecular weight is 229 g/mol. The molecule has 0 unspecified atom stereocenters. The number of hydrogen-bond donors (Lipinski definition) is 2. The molecular formula is C10H19N3O3. The Morgan fingerprint density at radius 2 is 1.69 bits per heavy atom. The van der Waals surface area contributed by atoms with Gasteiger partial charge in [-0.25, -0.2) is 0 Å². The highest BCUT2D eigenvalue weighted by Gasteiger charge is 2.07. The Kier molecular flexibility index (Phi) is 6.91. The molecule has 0 aliphatic heterocycles. The summed E-state index contributed by atoms with van der Waals surface area (Å²) in [6.07, 6.45) is 1.10. The molecule has 0 saturated carbocycles. The van der Waals surface area contributed by atoms with Crippen molar-refractivity contribution in [2.75, 3.05) is 27.7 Å². The quantitative estimate of drug-likeness (QED) is 0.620. The molecule has 3 amide bonds. The number of amides is 3. The first-order valence-corrected chi connectivity index (χ1v) is 5.14. The fourth-order valence-electron chi connectivity index (χ4n) is 0.979. The molecule has 16 heavy (non-hydrogen) atoms. The molecule has 0 radical (unpaired) electrons. The van der Waals surface area contributed by atoms with E-state index >= 15 is 0 Å². The van der Waals surface area contributed by atoms with Gasteiger partial charge in [-0.15, -0.1) is 0 Å². The smallest absolute Gasteiger partial charge is 0.239 e. The highest BCUT2D eigenvalue weighted by atomic mass is 16.2. The first kappa shape index (κ1) is 14.4. The highest BCUT2D eigenvalue weighted by molar-refractivity contribution is 5.84. The van der Waals surface area contributed by atoms with Gasteiger partial charge in [0.25, 0.3) is 0 Å². The van der Waals surface area contributed by atoms with Crippen molar-refractivity contribution < 1.29 is 14.4 Å². The van der Waals surface area contributed by atoms with Gasteiger partial charge in [0.15, 0.2) is 0 Å². The van der Waals surface area contributed by atoms with Crippen molar-refractivity contribution in [2.45, 2.75) is 19.3 Å². The molecule has 0 aromatic carbocycles. The van der Waals surface area contributed by atoms with Crippen molar-refractivity contribution in [3.63, 3.8) is 0 Å². The third-order valence-corrected chi connectivity index (χ3v) is 2.02. The predicted molar refractivity (Wildman–Crippen MR) is 59.6 cm³/mol. The van der Waals surface area contributed by atoms with Crippen molar-refractivity contribution >= 4 is 17.7 Å². The molecule has 0 aliphatic rings. The lowest BCUT2D eigenvalue weighted by Crippen LogP contribution is -2.35. The maximum Gasteiger partial charge on any atom is 0.239 e. The molecule has 2 N–H and O–H groups in total. The lowest BCUT2D eigenvalue weighted by atomic mass is 10.2. The topological polar surface area (TPSA) is 78.5 Å². The maximum atomic E-state index is 11.2. The van der Waals surface area contributed by atoms with E-state index < -0.39 is 0 Å². The van der Waals surface area contributed by atoms with E-state index in [9.17, 15) is 14.4 Å². The molecule has 0 fully saturated rings. The van der Waals surface area contributed by atoms with Crippen molar-refractivity contribution in [3.05, 3.63) is 0 Å². The molecule has 0 rings (SSSR count). The van der Waals surface area contributed by atoms with Crippen LogP contribution in [0, 0.1) is 0 Å². The van der Waals surface area contributed by atoms with Crippen molar-refractivity contribution in [3.8, 4) is 0 Å². The van der Waals surface area contributed by atoms with Gasteiger partial charge in [0.2, 0.25) is 17.7 Å². The van der Waals surface area contributed by atoms with E-state index in [1.807, 2.05) is 0 Å².